The fourth-order valence-electron chi connectivity index (χ4n) is 2.08. The Kier molecular flexibility index (Phi) is 2.22. The highest BCUT2D eigenvalue weighted by Crippen LogP contribution is 2.24. The minimum atomic E-state index is 1.05. The molecule has 84 valence electrons. The second-order valence-corrected chi connectivity index (χ2v) is 4.44. The molecule has 0 spiro atoms. The monoisotopic (exact) mass is 222 g/mol. The van der Waals surface area contributed by atoms with Crippen molar-refractivity contribution in [3.05, 3.63) is 53.7 Å². The van der Waals surface area contributed by atoms with Gasteiger partial charge in [0.05, 0.1) is 11.2 Å². The summed E-state index contributed by atoms with van der Waals surface area (Å²) >= 11 is 0. The Balaban J connectivity index is 2.14. The van der Waals surface area contributed by atoms with Gasteiger partial charge in [-0.3, -0.25) is 5.10 Å². The van der Waals surface area contributed by atoms with Gasteiger partial charge in [-0.1, -0.05) is 42.0 Å². The van der Waals surface area contributed by atoms with Crippen LogP contribution in [-0.4, -0.2) is 10.2 Å². The molecule has 0 aliphatic rings. The Bertz CT molecular complexity index is 663. The third-order valence-corrected chi connectivity index (χ3v) is 3.14. The maximum absolute atomic E-state index is 4.22. The van der Waals surface area contributed by atoms with Gasteiger partial charge in [-0.25, -0.2) is 0 Å². The number of fused-ring (bicyclic) bond motifs is 1. The molecule has 0 radical (unpaired) electrons. The van der Waals surface area contributed by atoms with Crippen LogP contribution in [0.5, 0.6) is 0 Å². The molecule has 17 heavy (non-hydrogen) atoms. The molecule has 0 amide bonds. The summed E-state index contributed by atoms with van der Waals surface area (Å²) in [6.45, 7) is 4.12. The van der Waals surface area contributed by atoms with Crippen LogP contribution in [0.3, 0.4) is 0 Å². The molecular formula is C15H14N2. The van der Waals surface area contributed by atoms with Crippen molar-refractivity contribution < 1.29 is 0 Å². The topological polar surface area (TPSA) is 28.7 Å². The Morgan fingerprint density at radius 2 is 1.59 bits per heavy atom. The van der Waals surface area contributed by atoms with Crippen LogP contribution in [0, 0.1) is 13.8 Å². The number of benzene rings is 2. The quantitative estimate of drug-likeness (QED) is 0.665. The lowest BCUT2D eigenvalue weighted by molar-refractivity contribution is 1.07. The second-order valence-electron chi connectivity index (χ2n) is 4.44. The molecule has 0 aliphatic carbocycles. The molecule has 3 rings (SSSR count). The normalized spacial score (nSPS) is 10.9. The molecule has 0 saturated carbocycles. The van der Waals surface area contributed by atoms with Crippen LogP contribution in [0.2, 0.25) is 0 Å². The average Bonchev–Trinajstić information content (AvgIpc) is 2.72. The van der Waals surface area contributed by atoms with E-state index in [1.807, 2.05) is 6.92 Å². The first kappa shape index (κ1) is 10.1. The second kappa shape index (κ2) is 3.74. The molecule has 0 bridgehead atoms. The molecule has 2 heteroatoms. The Labute approximate surface area is 100 Å². The summed E-state index contributed by atoms with van der Waals surface area (Å²) in [4.78, 5) is 0. The third-order valence-electron chi connectivity index (χ3n) is 3.14. The number of nitrogens with one attached hydrogen (secondary N) is 1. The van der Waals surface area contributed by atoms with E-state index in [0.29, 0.717) is 0 Å². The van der Waals surface area contributed by atoms with Gasteiger partial charge in [-0.05, 0) is 31.0 Å². The van der Waals surface area contributed by atoms with Crippen LogP contribution < -0.4 is 0 Å². The first-order chi connectivity index (χ1) is 8.24. The fraction of sp³-hybridized carbons (Fsp3) is 0.133. The SMILES string of the molecule is Cc1ccc(-c2ccc3c(C)n[nH]c3c2)cc1. The highest BCUT2D eigenvalue weighted by Gasteiger charge is 2.03. The predicted octanol–water partition coefficient (Wildman–Crippen LogP) is 3.85. The molecule has 3 aromatic rings. The zero-order valence-electron chi connectivity index (χ0n) is 9.99. The molecule has 0 unspecified atom stereocenters. The summed E-state index contributed by atoms with van der Waals surface area (Å²) in [7, 11) is 0. The van der Waals surface area contributed by atoms with Crippen molar-refractivity contribution in [1.29, 1.82) is 0 Å². The number of hydrogen-bond donors (Lipinski definition) is 1. The van der Waals surface area contributed by atoms with E-state index < -0.39 is 0 Å². The van der Waals surface area contributed by atoms with Crippen LogP contribution in [0.4, 0.5) is 0 Å². The van der Waals surface area contributed by atoms with Gasteiger partial charge in [0.1, 0.15) is 0 Å². The summed E-state index contributed by atoms with van der Waals surface area (Å²) in [5, 5.41) is 8.47. The number of H-pyrrole nitrogens is 1. The lowest BCUT2D eigenvalue weighted by Gasteiger charge is -2.02. The Morgan fingerprint density at radius 3 is 2.35 bits per heavy atom. The summed E-state index contributed by atoms with van der Waals surface area (Å²) in [5.74, 6) is 0. The van der Waals surface area contributed by atoms with E-state index in [2.05, 4.69) is 59.6 Å². The minimum absolute atomic E-state index is 1.05. The third kappa shape index (κ3) is 1.72. The zero-order valence-corrected chi connectivity index (χ0v) is 9.99. The first-order valence-electron chi connectivity index (χ1n) is 5.76. The van der Waals surface area contributed by atoms with E-state index >= 15 is 0 Å². The van der Waals surface area contributed by atoms with E-state index in [9.17, 15) is 0 Å². The van der Waals surface area contributed by atoms with Crippen molar-refractivity contribution in [2.45, 2.75) is 13.8 Å². The van der Waals surface area contributed by atoms with E-state index in [1.54, 1.807) is 0 Å². The number of nitrogens with zero attached hydrogens (tertiary/aromatic N) is 1. The molecule has 2 aromatic carbocycles. The number of aryl methyl sites for hydroxylation is 2. The Hall–Kier alpha value is -2.09. The van der Waals surface area contributed by atoms with Gasteiger partial charge < -0.3 is 0 Å². The lowest BCUT2D eigenvalue weighted by atomic mass is 10.0. The standard InChI is InChI=1S/C15H14N2/c1-10-3-5-12(6-4-10)13-7-8-14-11(2)16-17-15(14)9-13/h3-9H,1-2H3,(H,16,17). The van der Waals surface area contributed by atoms with Crippen molar-refractivity contribution in [2.75, 3.05) is 0 Å². The molecular weight excluding hydrogens is 208 g/mol. The van der Waals surface area contributed by atoms with Crippen molar-refractivity contribution in [2.24, 2.45) is 0 Å². The number of aromatic amines is 1. The summed E-state index contributed by atoms with van der Waals surface area (Å²) in [6.07, 6.45) is 0. The fourth-order valence-corrected chi connectivity index (χ4v) is 2.08. The van der Waals surface area contributed by atoms with Gasteiger partial charge in [0.2, 0.25) is 0 Å². The minimum Gasteiger partial charge on any atom is -0.278 e. The van der Waals surface area contributed by atoms with Gasteiger partial charge in [-0.2, -0.15) is 5.10 Å². The number of aromatic nitrogens is 2. The van der Waals surface area contributed by atoms with E-state index in [0.717, 1.165) is 11.2 Å². The first-order valence-corrected chi connectivity index (χ1v) is 5.76. The smallest absolute Gasteiger partial charge is 0.0669 e. The van der Waals surface area contributed by atoms with Crippen LogP contribution in [0.25, 0.3) is 22.0 Å². The van der Waals surface area contributed by atoms with Crippen LogP contribution in [0.15, 0.2) is 42.5 Å². The molecule has 1 aromatic heterocycles. The van der Waals surface area contributed by atoms with E-state index in [-0.39, 0.29) is 0 Å². The zero-order chi connectivity index (χ0) is 11.8. The molecule has 1 heterocycles. The van der Waals surface area contributed by atoms with Crippen LogP contribution >= 0.6 is 0 Å². The number of hydrogen-bond acceptors (Lipinski definition) is 1. The molecule has 0 atom stereocenters. The summed E-state index contributed by atoms with van der Waals surface area (Å²) in [5.41, 5.74) is 5.90. The molecule has 2 nitrogen and oxygen atoms in total. The molecule has 0 fully saturated rings. The van der Waals surface area contributed by atoms with Crippen molar-refractivity contribution >= 4 is 10.9 Å². The summed E-state index contributed by atoms with van der Waals surface area (Å²) < 4.78 is 0. The van der Waals surface area contributed by atoms with Gasteiger partial charge in [0.15, 0.2) is 0 Å². The maximum atomic E-state index is 4.22. The van der Waals surface area contributed by atoms with Gasteiger partial charge in [0.25, 0.3) is 0 Å². The number of rotatable bonds is 1. The molecule has 1 N–H and O–H groups in total. The van der Waals surface area contributed by atoms with Crippen LogP contribution in [-0.2, 0) is 0 Å². The van der Waals surface area contributed by atoms with Crippen molar-refractivity contribution in [3.63, 3.8) is 0 Å². The van der Waals surface area contributed by atoms with E-state index in [4.69, 9.17) is 0 Å². The maximum Gasteiger partial charge on any atom is 0.0669 e. The van der Waals surface area contributed by atoms with E-state index in [1.165, 1.54) is 22.1 Å². The van der Waals surface area contributed by atoms with Crippen molar-refractivity contribution in [1.82, 2.24) is 10.2 Å². The largest absolute Gasteiger partial charge is 0.278 e. The van der Waals surface area contributed by atoms with Gasteiger partial charge >= 0.3 is 0 Å². The van der Waals surface area contributed by atoms with Crippen LogP contribution in [0.1, 0.15) is 11.3 Å². The van der Waals surface area contributed by atoms with Crippen molar-refractivity contribution in [3.8, 4) is 11.1 Å². The lowest BCUT2D eigenvalue weighted by Crippen LogP contribution is -1.79. The Morgan fingerprint density at radius 1 is 0.882 bits per heavy atom. The highest BCUT2D eigenvalue weighted by atomic mass is 15.1. The van der Waals surface area contributed by atoms with Gasteiger partial charge in [-0.15, -0.1) is 0 Å². The predicted molar refractivity (Wildman–Crippen MR) is 71.0 cm³/mol. The average molecular weight is 222 g/mol. The molecule has 0 aliphatic heterocycles. The summed E-state index contributed by atoms with van der Waals surface area (Å²) in [6, 6.07) is 15.0. The van der Waals surface area contributed by atoms with Gasteiger partial charge in [0, 0.05) is 5.39 Å². The molecule has 0 saturated heterocycles. The highest BCUT2D eigenvalue weighted by molar-refractivity contribution is 5.86.